The summed E-state index contributed by atoms with van der Waals surface area (Å²) in [5.74, 6) is 0. The first-order valence-electron chi connectivity index (χ1n) is 4.77. The minimum absolute atomic E-state index is 0. The van der Waals surface area contributed by atoms with Crippen LogP contribution < -0.4 is 0 Å². The summed E-state index contributed by atoms with van der Waals surface area (Å²) >= 11 is 0. The summed E-state index contributed by atoms with van der Waals surface area (Å²) < 4.78 is 20.3. The molecule has 0 aromatic carbocycles. The summed E-state index contributed by atoms with van der Waals surface area (Å²) in [5, 5.41) is 0. The van der Waals surface area contributed by atoms with Crippen molar-refractivity contribution in [3.63, 3.8) is 0 Å². The van der Waals surface area contributed by atoms with E-state index >= 15 is 0 Å². The molecule has 0 aromatic heterocycles. The van der Waals surface area contributed by atoms with Gasteiger partial charge in [-0.1, -0.05) is 26.7 Å². The maximum atomic E-state index is 10.9. The van der Waals surface area contributed by atoms with E-state index in [2.05, 4.69) is 9.56 Å². The molecular weight excluding hydrogens is 230 g/mol. The van der Waals surface area contributed by atoms with Gasteiger partial charge in [0.2, 0.25) is 0 Å². The van der Waals surface area contributed by atoms with Crippen LogP contribution in [0.1, 0.15) is 39.5 Å². The molecule has 1 atom stereocenters. The molecule has 0 radical (unpaired) electrons. The van der Waals surface area contributed by atoms with Crippen molar-refractivity contribution in [2.45, 2.75) is 39.5 Å². The molecule has 0 amide bonds. The van der Waals surface area contributed by atoms with Gasteiger partial charge in [0.25, 0.3) is 0 Å². The molecular formula is C8H20KO4P. The summed E-state index contributed by atoms with van der Waals surface area (Å²) in [4.78, 5) is 4.67. The Kier molecular flexibility index (Phi) is 19.1. The second-order valence-corrected chi connectivity index (χ2v) is 3.67. The molecule has 0 saturated heterocycles. The van der Waals surface area contributed by atoms with E-state index in [0.717, 1.165) is 25.7 Å². The molecule has 14 heavy (non-hydrogen) atoms. The molecule has 0 fully saturated rings. The zero-order valence-electron chi connectivity index (χ0n) is 8.38. The Hall–Kier alpha value is 1.75. The molecule has 0 saturated carbocycles. The van der Waals surface area contributed by atoms with E-state index in [4.69, 9.17) is 4.52 Å². The van der Waals surface area contributed by atoms with Crippen LogP contribution in [0.5, 0.6) is 0 Å². The van der Waals surface area contributed by atoms with E-state index in [-0.39, 0.29) is 51.4 Å². The van der Waals surface area contributed by atoms with Crippen LogP contribution in [0.2, 0.25) is 0 Å². The zero-order chi connectivity index (χ0) is 9.94. The number of rotatable bonds is 9. The summed E-state index contributed by atoms with van der Waals surface area (Å²) in [5.41, 5.74) is 0. The Morgan fingerprint density at radius 1 is 1.07 bits per heavy atom. The average molecular weight is 250 g/mol. The third-order valence-corrected chi connectivity index (χ3v) is 2.12. The summed E-state index contributed by atoms with van der Waals surface area (Å²) in [6, 6.07) is 0. The van der Waals surface area contributed by atoms with Crippen LogP contribution in [-0.2, 0) is 18.7 Å². The van der Waals surface area contributed by atoms with E-state index in [1.54, 1.807) is 0 Å². The second-order valence-electron chi connectivity index (χ2n) is 2.71. The van der Waals surface area contributed by atoms with Gasteiger partial charge < -0.3 is 4.52 Å². The average Bonchev–Trinajstić information content (AvgIpc) is 2.13. The summed E-state index contributed by atoms with van der Waals surface area (Å²) in [6.45, 7) is 5.04. The first-order valence-corrected chi connectivity index (χ1v) is 6.00. The molecule has 6 heteroatoms. The third kappa shape index (κ3) is 13.7. The van der Waals surface area contributed by atoms with Crippen molar-refractivity contribution in [1.82, 2.24) is 0 Å². The van der Waals surface area contributed by atoms with Crippen molar-refractivity contribution in [1.29, 1.82) is 0 Å². The van der Waals surface area contributed by atoms with E-state index in [1.165, 1.54) is 0 Å². The normalized spacial score (nSPS) is 12.1. The van der Waals surface area contributed by atoms with Crippen molar-refractivity contribution in [3.05, 3.63) is 0 Å². The van der Waals surface area contributed by atoms with Gasteiger partial charge in [-0.25, -0.2) is 4.89 Å². The van der Waals surface area contributed by atoms with Crippen LogP contribution in [-0.4, -0.2) is 64.6 Å². The number of unbranched alkanes of at least 4 members (excludes halogenated alkanes) is 2. The van der Waals surface area contributed by atoms with Gasteiger partial charge in [0.1, 0.15) is 0 Å². The van der Waals surface area contributed by atoms with Gasteiger partial charge in [-0.3, -0.25) is 4.57 Å². The molecule has 0 aliphatic carbocycles. The molecule has 0 aliphatic heterocycles. The molecule has 82 valence electrons. The van der Waals surface area contributed by atoms with Crippen LogP contribution in [0.4, 0.5) is 0 Å². The van der Waals surface area contributed by atoms with Crippen molar-refractivity contribution < 1.29 is 18.7 Å². The van der Waals surface area contributed by atoms with Crippen LogP contribution in [0.3, 0.4) is 0 Å². The van der Waals surface area contributed by atoms with Gasteiger partial charge in [0, 0.05) is 0 Å². The molecule has 0 N–H and O–H groups in total. The van der Waals surface area contributed by atoms with Gasteiger partial charge in [-0.15, -0.1) is 0 Å². The number of hydrogen-bond acceptors (Lipinski definition) is 4. The van der Waals surface area contributed by atoms with Crippen molar-refractivity contribution in [2.75, 3.05) is 13.2 Å². The monoisotopic (exact) mass is 250 g/mol. The van der Waals surface area contributed by atoms with Gasteiger partial charge in [-0.2, -0.15) is 4.67 Å². The van der Waals surface area contributed by atoms with Crippen molar-refractivity contribution in [3.8, 4) is 0 Å². The van der Waals surface area contributed by atoms with Gasteiger partial charge in [0.05, 0.1) is 13.2 Å². The molecule has 0 spiro atoms. The van der Waals surface area contributed by atoms with Crippen LogP contribution >= 0.6 is 8.25 Å². The fourth-order valence-corrected chi connectivity index (χ4v) is 1.16. The standard InChI is InChI=1S/C8H19O4P.K.H/c1-3-5-7-10-12-13(9)11-8-6-4-2;;/h13H,3-8H2,1-2H3;;. The van der Waals surface area contributed by atoms with Crippen LogP contribution in [0.25, 0.3) is 0 Å². The van der Waals surface area contributed by atoms with Gasteiger partial charge in [-0.05, 0) is 12.8 Å². The molecule has 0 rings (SSSR count). The van der Waals surface area contributed by atoms with Crippen LogP contribution in [0.15, 0.2) is 0 Å². The Morgan fingerprint density at radius 3 is 2.21 bits per heavy atom. The minimum atomic E-state index is -2.41. The zero-order valence-corrected chi connectivity index (χ0v) is 9.38. The Balaban J connectivity index is 0. The Bertz CT molecular complexity index is 135. The van der Waals surface area contributed by atoms with E-state index in [9.17, 15) is 4.57 Å². The van der Waals surface area contributed by atoms with Gasteiger partial charge in [0.15, 0.2) is 0 Å². The molecule has 1 unspecified atom stereocenters. The second kappa shape index (κ2) is 14.7. The Morgan fingerprint density at radius 2 is 1.64 bits per heavy atom. The summed E-state index contributed by atoms with van der Waals surface area (Å²) in [6.07, 6.45) is 3.85. The topological polar surface area (TPSA) is 44.8 Å². The molecule has 0 bridgehead atoms. The van der Waals surface area contributed by atoms with Crippen molar-refractivity contribution >= 4 is 59.6 Å². The predicted molar refractivity (Wildman–Crippen MR) is 59.0 cm³/mol. The van der Waals surface area contributed by atoms with Gasteiger partial charge >= 0.3 is 59.6 Å². The van der Waals surface area contributed by atoms with E-state index < -0.39 is 8.25 Å². The molecule has 4 nitrogen and oxygen atoms in total. The quantitative estimate of drug-likeness (QED) is 0.207. The molecule has 0 aromatic rings. The third-order valence-electron chi connectivity index (χ3n) is 1.43. The van der Waals surface area contributed by atoms with E-state index in [0.29, 0.717) is 13.2 Å². The molecule has 0 heterocycles. The fraction of sp³-hybridized carbons (Fsp3) is 1.00. The SMILES string of the molecule is CCCCOO[PH](=O)OCCCC.[KH]. The van der Waals surface area contributed by atoms with Crippen molar-refractivity contribution in [2.24, 2.45) is 0 Å². The van der Waals surface area contributed by atoms with Crippen LogP contribution in [0, 0.1) is 0 Å². The Labute approximate surface area is 129 Å². The summed E-state index contributed by atoms with van der Waals surface area (Å²) in [7, 11) is -2.41. The van der Waals surface area contributed by atoms with E-state index in [1.807, 2.05) is 13.8 Å². The molecule has 0 aliphatic rings. The first-order chi connectivity index (χ1) is 6.31. The maximum absolute atomic E-state index is 10.9. The predicted octanol–water partition coefficient (Wildman–Crippen LogP) is 2.29. The fourth-order valence-electron chi connectivity index (χ4n) is 0.617. The number of hydrogen-bond donors (Lipinski definition) is 0. The first kappa shape index (κ1) is 18.1.